The Bertz CT molecular complexity index is 1380. The Morgan fingerprint density at radius 1 is 1.06 bits per heavy atom. The molecule has 0 aromatic carbocycles. The Hall–Kier alpha value is -4.40. The van der Waals surface area contributed by atoms with E-state index in [0.29, 0.717) is 28.0 Å². The molecule has 0 unspecified atom stereocenters. The van der Waals surface area contributed by atoms with Gasteiger partial charge < -0.3 is 15.8 Å². The summed E-state index contributed by atoms with van der Waals surface area (Å²) < 4.78 is 14.8. The summed E-state index contributed by atoms with van der Waals surface area (Å²) >= 11 is 0. The fourth-order valence-corrected chi connectivity index (χ4v) is 3.24. The van der Waals surface area contributed by atoms with Crippen molar-refractivity contribution in [3.05, 3.63) is 67.1 Å². The van der Waals surface area contributed by atoms with Gasteiger partial charge in [0.15, 0.2) is 0 Å². The molecule has 0 saturated heterocycles. The van der Waals surface area contributed by atoms with Crippen LogP contribution in [0.1, 0.15) is 6.92 Å². The normalized spacial score (nSPS) is 10.6. The van der Waals surface area contributed by atoms with E-state index in [9.17, 15) is 4.39 Å². The van der Waals surface area contributed by atoms with E-state index in [1.54, 1.807) is 36.9 Å². The van der Waals surface area contributed by atoms with E-state index in [1.807, 2.05) is 18.2 Å². The minimum absolute atomic E-state index is 0.381. The van der Waals surface area contributed by atoms with E-state index >= 15 is 0 Å². The van der Waals surface area contributed by atoms with Crippen molar-refractivity contribution in [1.82, 2.24) is 24.9 Å². The summed E-state index contributed by atoms with van der Waals surface area (Å²) in [6.45, 7) is 1.08. The minimum Gasteiger partial charge on any atom is -0.481 e. The second kappa shape index (κ2) is 8.15. The molecule has 5 heterocycles. The van der Waals surface area contributed by atoms with Crippen molar-refractivity contribution in [1.29, 1.82) is 0 Å². The summed E-state index contributed by atoms with van der Waals surface area (Å²) in [5.41, 5.74) is 9.74. The van der Waals surface area contributed by atoms with Gasteiger partial charge in [-0.3, -0.25) is 14.8 Å². The van der Waals surface area contributed by atoms with Gasteiger partial charge in [-0.2, -0.15) is 0 Å². The quantitative estimate of drug-likeness (QED) is 0.396. The number of H-pyrrole nitrogens is 1. The molecular weight excluding hydrogens is 399 g/mol. The smallest absolute Gasteiger partial charge is 0.300 e. The molecule has 31 heavy (non-hydrogen) atoms. The third-order valence-corrected chi connectivity index (χ3v) is 4.49. The van der Waals surface area contributed by atoms with Gasteiger partial charge in [-0.15, -0.1) is 0 Å². The first-order chi connectivity index (χ1) is 14.9. The molecule has 0 aliphatic rings. The average molecular weight is 416 g/mol. The maximum absolute atomic E-state index is 14.8. The second-order valence-electron chi connectivity index (χ2n) is 6.68. The van der Waals surface area contributed by atoms with Gasteiger partial charge in [-0.25, -0.2) is 14.4 Å². The van der Waals surface area contributed by atoms with Crippen LogP contribution in [-0.4, -0.2) is 36.0 Å². The molecule has 5 rings (SSSR count). The van der Waals surface area contributed by atoms with E-state index in [-0.39, 0.29) is 0 Å². The summed E-state index contributed by atoms with van der Waals surface area (Å²) in [5.74, 6) is -0.874. The maximum atomic E-state index is 14.8. The van der Waals surface area contributed by atoms with Gasteiger partial charge in [-0.1, -0.05) is 0 Å². The van der Waals surface area contributed by atoms with Gasteiger partial charge in [0.25, 0.3) is 5.97 Å². The van der Waals surface area contributed by atoms with E-state index in [0.717, 1.165) is 29.1 Å². The average Bonchev–Trinajstić information content (AvgIpc) is 3.13. The van der Waals surface area contributed by atoms with E-state index in [2.05, 4.69) is 24.9 Å². The van der Waals surface area contributed by atoms with Gasteiger partial charge in [0.05, 0.1) is 23.6 Å². The first kappa shape index (κ1) is 19.9. The number of nitrogens with zero attached hydrogens (tertiary/aromatic N) is 4. The van der Waals surface area contributed by atoms with Crippen LogP contribution in [0.5, 0.6) is 0 Å². The van der Waals surface area contributed by atoms with Crippen LogP contribution in [0.3, 0.4) is 0 Å². The van der Waals surface area contributed by atoms with Crippen molar-refractivity contribution in [2.45, 2.75) is 6.92 Å². The van der Waals surface area contributed by atoms with Crippen LogP contribution < -0.4 is 5.73 Å². The number of carbonyl (C=O) groups is 1. The standard InChI is InChI=1S/C20H13FN6.C2H4O2/c21-14-9-26-20-19(18(14)12-3-4-17(22)25-8-12)13-6-15(24-10-16(13)27-20)11-2-1-5-23-7-11;1-2(3)4/h1-10H,(H2,22,25)(H,26,27);1H3,(H,3,4). The molecule has 0 fully saturated rings. The number of fused-ring (bicyclic) bond motifs is 3. The zero-order chi connectivity index (χ0) is 22.0. The number of aromatic amines is 1. The number of nitrogen functional groups attached to an aromatic ring is 1. The third kappa shape index (κ3) is 4.01. The Morgan fingerprint density at radius 2 is 1.87 bits per heavy atom. The highest BCUT2D eigenvalue weighted by Gasteiger charge is 2.17. The van der Waals surface area contributed by atoms with Crippen molar-refractivity contribution >= 4 is 33.7 Å². The molecule has 0 aliphatic carbocycles. The summed E-state index contributed by atoms with van der Waals surface area (Å²) in [4.78, 5) is 29.1. The molecule has 0 radical (unpaired) electrons. The molecule has 0 amide bonds. The van der Waals surface area contributed by atoms with Crippen molar-refractivity contribution in [2.75, 3.05) is 5.73 Å². The van der Waals surface area contributed by atoms with Crippen molar-refractivity contribution in [2.24, 2.45) is 0 Å². The van der Waals surface area contributed by atoms with Gasteiger partial charge >= 0.3 is 0 Å². The Labute approximate surface area is 175 Å². The van der Waals surface area contributed by atoms with Gasteiger partial charge in [0, 0.05) is 53.0 Å². The van der Waals surface area contributed by atoms with E-state index in [4.69, 9.17) is 15.6 Å². The zero-order valence-corrected chi connectivity index (χ0v) is 16.4. The Morgan fingerprint density at radius 3 is 2.55 bits per heavy atom. The lowest BCUT2D eigenvalue weighted by atomic mass is 10.0. The zero-order valence-electron chi connectivity index (χ0n) is 16.4. The van der Waals surface area contributed by atoms with Crippen LogP contribution in [0.4, 0.5) is 10.2 Å². The molecule has 0 saturated carbocycles. The Balaban J connectivity index is 0.000000535. The Kier molecular flexibility index (Phi) is 5.23. The number of hydrogen-bond acceptors (Lipinski definition) is 6. The number of carboxylic acids is 1. The minimum atomic E-state index is -0.833. The van der Waals surface area contributed by atoms with Crippen LogP contribution in [0.15, 0.2) is 61.3 Å². The molecule has 9 heteroatoms. The first-order valence-electron chi connectivity index (χ1n) is 9.22. The predicted molar refractivity (Wildman–Crippen MR) is 116 cm³/mol. The summed E-state index contributed by atoms with van der Waals surface area (Å²) in [6, 6.07) is 9.10. The number of pyridine rings is 4. The first-order valence-corrected chi connectivity index (χ1v) is 9.22. The topological polar surface area (TPSA) is 131 Å². The largest absolute Gasteiger partial charge is 0.481 e. The fraction of sp³-hybridized carbons (Fsp3) is 0.0455. The number of hydrogen-bond donors (Lipinski definition) is 3. The number of rotatable bonds is 2. The summed E-state index contributed by atoms with van der Waals surface area (Å²) in [5, 5.41) is 8.93. The van der Waals surface area contributed by atoms with Gasteiger partial charge in [0.1, 0.15) is 17.3 Å². The fourth-order valence-electron chi connectivity index (χ4n) is 3.24. The lowest BCUT2D eigenvalue weighted by Gasteiger charge is -2.06. The number of nitrogens with one attached hydrogen (secondary N) is 1. The van der Waals surface area contributed by atoms with Gasteiger partial charge in [0.2, 0.25) is 0 Å². The van der Waals surface area contributed by atoms with E-state index in [1.165, 1.54) is 6.20 Å². The molecular formula is C22H17FN6O2. The molecule has 0 atom stereocenters. The molecule has 0 bridgehead atoms. The summed E-state index contributed by atoms with van der Waals surface area (Å²) in [6.07, 6.45) is 7.95. The van der Waals surface area contributed by atoms with Crippen LogP contribution in [0.2, 0.25) is 0 Å². The highest BCUT2D eigenvalue weighted by molar-refractivity contribution is 6.13. The summed E-state index contributed by atoms with van der Waals surface area (Å²) in [7, 11) is 0. The molecule has 0 spiro atoms. The van der Waals surface area contributed by atoms with Crippen LogP contribution >= 0.6 is 0 Å². The van der Waals surface area contributed by atoms with Crippen molar-refractivity contribution in [3.8, 4) is 22.4 Å². The molecule has 5 aromatic rings. The van der Waals surface area contributed by atoms with Crippen LogP contribution in [0, 0.1) is 5.82 Å². The molecule has 8 nitrogen and oxygen atoms in total. The third-order valence-electron chi connectivity index (χ3n) is 4.49. The lowest BCUT2D eigenvalue weighted by Crippen LogP contribution is -1.92. The van der Waals surface area contributed by atoms with Gasteiger partial charge in [-0.05, 0) is 30.3 Å². The van der Waals surface area contributed by atoms with E-state index < -0.39 is 11.8 Å². The number of aliphatic carboxylic acids is 1. The monoisotopic (exact) mass is 416 g/mol. The number of nitrogens with two attached hydrogens (primary N) is 1. The number of aromatic nitrogens is 5. The second-order valence-corrected chi connectivity index (χ2v) is 6.68. The maximum Gasteiger partial charge on any atom is 0.300 e. The number of anilines is 1. The van der Waals surface area contributed by atoms with Crippen LogP contribution in [0.25, 0.3) is 44.3 Å². The van der Waals surface area contributed by atoms with Crippen molar-refractivity contribution < 1.29 is 14.3 Å². The lowest BCUT2D eigenvalue weighted by molar-refractivity contribution is -0.134. The highest BCUT2D eigenvalue weighted by atomic mass is 19.1. The predicted octanol–water partition coefficient (Wildman–Crippen LogP) is 4.05. The highest BCUT2D eigenvalue weighted by Crippen LogP contribution is 2.36. The number of carboxylic acid groups (broad SMARTS) is 1. The molecule has 4 N–H and O–H groups in total. The van der Waals surface area contributed by atoms with Crippen molar-refractivity contribution in [3.63, 3.8) is 0 Å². The number of halogens is 1. The molecule has 154 valence electrons. The SMILES string of the molecule is CC(=O)O.Nc1ccc(-c2c(F)cnc3[nH]c4cnc(-c5cccnc5)cc4c23)cn1. The van der Waals surface area contributed by atoms with Crippen LogP contribution in [-0.2, 0) is 4.79 Å². The molecule has 0 aliphatic heterocycles. The molecule has 5 aromatic heterocycles.